The predicted molar refractivity (Wildman–Crippen MR) is 88.4 cm³/mol. The molecule has 0 spiro atoms. The van der Waals surface area contributed by atoms with E-state index >= 15 is 0 Å². The van der Waals surface area contributed by atoms with Crippen molar-refractivity contribution in [3.05, 3.63) is 70.6 Å². The van der Waals surface area contributed by atoms with Crippen molar-refractivity contribution in [2.75, 3.05) is 0 Å². The summed E-state index contributed by atoms with van der Waals surface area (Å²) in [4.78, 5) is 17.1. The minimum atomic E-state index is -0.102. The van der Waals surface area contributed by atoms with Crippen LogP contribution in [0.15, 0.2) is 64.5 Å². The van der Waals surface area contributed by atoms with E-state index in [2.05, 4.69) is 10.3 Å². The summed E-state index contributed by atoms with van der Waals surface area (Å²) in [6.45, 7) is 2.02. The molecule has 1 aliphatic rings. The molecule has 0 aliphatic carbocycles. The molecular formula is C17H14N2OS. The van der Waals surface area contributed by atoms with Gasteiger partial charge in [-0.2, -0.15) is 0 Å². The summed E-state index contributed by atoms with van der Waals surface area (Å²) in [5.74, 6) is -0.102. The third kappa shape index (κ3) is 3.41. The number of amidine groups is 1. The number of carbonyl (C=O) groups excluding carboxylic acids is 1. The Bertz CT molecular complexity index is 735. The van der Waals surface area contributed by atoms with E-state index in [0.29, 0.717) is 10.1 Å². The van der Waals surface area contributed by atoms with Crippen LogP contribution in [0.2, 0.25) is 0 Å². The SMILES string of the molecule is Cc1cccc(N=C2NC(=O)C(=Cc3ccccc3)S2)c1. The van der Waals surface area contributed by atoms with Crippen molar-refractivity contribution in [1.29, 1.82) is 0 Å². The van der Waals surface area contributed by atoms with E-state index in [-0.39, 0.29) is 5.91 Å². The average Bonchev–Trinajstić information content (AvgIpc) is 2.80. The zero-order chi connectivity index (χ0) is 14.7. The van der Waals surface area contributed by atoms with Crippen molar-refractivity contribution in [3.8, 4) is 0 Å². The fraction of sp³-hybridized carbons (Fsp3) is 0.0588. The highest BCUT2D eigenvalue weighted by Crippen LogP contribution is 2.28. The lowest BCUT2D eigenvalue weighted by molar-refractivity contribution is -0.115. The normalized spacial score (nSPS) is 18.2. The molecule has 0 aromatic heterocycles. The molecule has 1 fully saturated rings. The van der Waals surface area contributed by atoms with Crippen molar-refractivity contribution in [2.24, 2.45) is 4.99 Å². The monoisotopic (exact) mass is 294 g/mol. The molecule has 1 aliphatic heterocycles. The molecule has 3 nitrogen and oxygen atoms in total. The maximum absolute atomic E-state index is 12.0. The topological polar surface area (TPSA) is 41.5 Å². The van der Waals surface area contributed by atoms with Crippen molar-refractivity contribution in [2.45, 2.75) is 6.92 Å². The molecular weight excluding hydrogens is 280 g/mol. The fourth-order valence-corrected chi connectivity index (χ4v) is 2.84. The molecule has 0 bridgehead atoms. The number of aliphatic imine (C=N–C) groups is 1. The van der Waals surface area contributed by atoms with Crippen LogP contribution in [0.5, 0.6) is 0 Å². The van der Waals surface area contributed by atoms with E-state index in [1.807, 2.05) is 67.6 Å². The minimum Gasteiger partial charge on any atom is -0.300 e. The van der Waals surface area contributed by atoms with Gasteiger partial charge in [0.05, 0.1) is 10.6 Å². The van der Waals surface area contributed by atoms with E-state index in [9.17, 15) is 4.79 Å². The molecule has 1 amide bonds. The van der Waals surface area contributed by atoms with Crippen LogP contribution >= 0.6 is 11.8 Å². The van der Waals surface area contributed by atoms with Crippen molar-refractivity contribution in [1.82, 2.24) is 5.32 Å². The molecule has 4 heteroatoms. The Kier molecular flexibility index (Phi) is 3.88. The van der Waals surface area contributed by atoms with E-state index in [0.717, 1.165) is 16.8 Å². The second-order valence-electron chi connectivity index (χ2n) is 4.73. The molecule has 0 saturated carbocycles. The first kappa shape index (κ1) is 13.6. The second-order valence-corrected chi connectivity index (χ2v) is 5.76. The number of hydrogen-bond acceptors (Lipinski definition) is 3. The largest absolute Gasteiger partial charge is 0.300 e. The van der Waals surface area contributed by atoms with Gasteiger partial charge in [-0.1, -0.05) is 42.5 Å². The quantitative estimate of drug-likeness (QED) is 0.854. The maximum atomic E-state index is 12.0. The Labute approximate surface area is 127 Å². The van der Waals surface area contributed by atoms with Crippen LogP contribution in [0, 0.1) is 6.92 Å². The molecule has 1 heterocycles. The number of carbonyl (C=O) groups is 1. The molecule has 21 heavy (non-hydrogen) atoms. The van der Waals surface area contributed by atoms with Gasteiger partial charge < -0.3 is 5.32 Å². The number of rotatable bonds is 2. The molecule has 0 atom stereocenters. The first-order chi connectivity index (χ1) is 10.2. The van der Waals surface area contributed by atoms with E-state index < -0.39 is 0 Å². The lowest BCUT2D eigenvalue weighted by Crippen LogP contribution is -2.19. The Hall–Kier alpha value is -2.33. The summed E-state index contributed by atoms with van der Waals surface area (Å²) >= 11 is 1.36. The number of benzene rings is 2. The van der Waals surface area contributed by atoms with Gasteiger partial charge in [-0.25, -0.2) is 4.99 Å². The predicted octanol–water partition coefficient (Wildman–Crippen LogP) is 3.89. The van der Waals surface area contributed by atoms with E-state index in [1.165, 1.54) is 11.8 Å². The van der Waals surface area contributed by atoms with Gasteiger partial charge in [-0.05, 0) is 48.0 Å². The van der Waals surface area contributed by atoms with Gasteiger partial charge in [-0.15, -0.1) is 0 Å². The lowest BCUT2D eigenvalue weighted by atomic mass is 10.2. The van der Waals surface area contributed by atoms with Gasteiger partial charge in [0.15, 0.2) is 5.17 Å². The second kappa shape index (κ2) is 5.97. The Morgan fingerprint density at radius 1 is 1.10 bits per heavy atom. The summed E-state index contributed by atoms with van der Waals surface area (Å²) in [6, 6.07) is 17.7. The fourth-order valence-electron chi connectivity index (χ4n) is 2.00. The number of thioether (sulfide) groups is 1. The van der Waals surface area contributed by atoms with Gasteiger partial charge in [0.2, 0.25) is 0 Å². The first-order valence-corrected chi connectivity index (χ1v) is 7.44. The van der Waals surface area contributed by atoms with Gasteiger partial charge in [-0.3, -0.25) is 4.79 Å². The zero-order valence-corrected chi connectivity index (χ0v) is 12.4. The average molecular weight is 294 g/mol. The van der Waals surface area contributed by atoms with Crippen LogP contribution in [0.4, 0.5) is 5.69 Å². The molecule has 1 saturated heterocycles. The van der Waals surface area contributed by atoms with Crippen LogP contribution in [0.1, 0.15) is 11.1 Å². The summed E-state index contributed by atoms with van der Waals surface area (Å²) in [5.41, 5.74) is 3.00. The highest BCUT2D eigenvalue weighted by Gasteiger charge is 2.23. The summed E-state index contributed by atoms with van der Waals surface area (Å²) in [7, 11) is 0. The van der Waals surface area contributed by atoms with E-state index in [4.69, 9.17) is 0 Å². The smallest absolute Gasteiger partial charge is 0.264 e. The third-order valence-electron chi connectivity index (χ3n) is 2.98. The molecule has 2 aromatic carbocycles. The van der Waals surface area contributed by atoms with Crippen LogP contribution < -0.4 is 5.32 Å². The first-order valence-electron chi connectivity index (χ1n) is 6.62. The van der Waals surface area contributed by atoms with Gasteiger partial charge in [0, 0.05) is 0 Å². The lowest BCUT2D eigenvalue weighted by Gasteiger charge is -1.97. The third-order valence-corrected chi connectivity index (χ3v) is 3.89. The molecule has 3 rings (SSSR count). The molecule has 104 valence electrons. The number of nitrogens with one attached hydrogen (secondary N) is 1. The summed E-state index contributed by atoms with van der Waals surface area (Å²) in [6.07, 6.45) is 1.87. The van der Waals surface area contributed by atoms with Gasteiger partial charge in [0.1, 0.15) is 0 Å². The summed E-state index contributed by atoms with van der Waals surface area (Å²) in [5, 5.41) is 3.42. The number of aryl methyl sites for hydroxylation is 1. The molecule has 1 N–H and O–H groups in total. The van der Waals surface area contributed by atoms with Crippen LogP contribution in [-0.4, -0.2) is 11.1 Å². The van der Waals surface area contributed by atoms with Crippen molar-refractivity contribution >= 4 is 34.6 Å². The highest BCUT2D eigenvalue weighted by atomic mass is 32.2. The van der Waals surface area contributed by atoms with Crippen LogP contribution in [-0.2, 0) is 4.79 Å². The number of hydrogen-bond donors (Lipinski definition) is 1. The van der Waals surface area contributed by atoms with Gasteiger partial charge >= 0.3 is 0 Å². The zero-order valence-electron chi connectivity index (χ0n) is 11.5. The standard InChI is InChI=1S/C17H14N2OS/c1-12-6-5-9-14(10-12)18-17-19-16(20)15(21-17)11-13-7-3-2-4-8-13/h2-11H,1H3,(H,18,19,20). The van der Waals surface area contributed by atoms with Crippen molar-refractivity contribution < 1.29 is 4.79 Å². The van der Waals surface area contributed by atoms with E-state index in [1.54, 1.807) is 0 Å². The van der Waals surface area contributed by atoms with Crippen LogP contribution in [0.3, 0.4) is 0 Å². The van der Waals surface area contributed by atoms with Crippen LogP contribution in [0.25, 0.3) is 6.08 Å². The number of amides is 1. The highest BCUT2D eigenvalue weighted by molar-refractivity contribution is 8.18. The van der Waals surface area contributed by atoms with Crippen molar-refractivity contribution in [3.63, 3.8) is 0 Å². The maximum Gasteiger partial charge on any atom is 0.264 e. The van der Waals surface area contributed by atoms with Gasteiger partial charge in [0.25, 0.3) is 5.91 Å². The Morgan fingerprint density at radius 3 is 2.67 bits per heavy atom. The molecule has 0 radical (unpaired) electrons. The molecule has 0 unspecified atom stereocenters. The number of nitrogens with zero attached hydrogens (tertiary/aromatic N) is 1. The Morgan fingerprint density at radius 2 is 1.90 bits per heavy atom. The summed E-state index contributed by atoms with van der Waals surface area (Å²) < 4.78 is 0. The Balaban J connectivity index is 1.83. The minimum absolute atomic E-state index is 0.102. The molecule has 2 aromatic rings.